The van der Waals surface area contributed by atoms with Crippen LogP contribution in [-0.2, 0) is 6.18 Å². The molecule has 0 saturated heterocycles. The Balaban J connectivity index is 1.54. The van der Waals surface area contributed by atoms with Crippen molar-refractivity contribution in [1.82, 2.24) is 0 Å². The summed E-state index contributed by atoms with van der Waals surface area (Å²) in [6.07, 6.45) is 2.36. The minimum Gasteiger partial charge on any atom is -0.486 e. The van der Waals surface area contributed by atoms with E-state index in [1.807, 2.05) is 24.3 Å². The Labute approximate surface area is 197 Å². The van der Waals surface area contributed by atoms with E-state index in [9.17, 15) is 18.0 Å². The number of benzene rings is 3. The van der Waals surface area contributed by atoms with Crippen molar-refractivity contribution in [2.75, 3.05) is 0 Å². The van der Waals surface area contributed by atoms with Crippen LogP contribution >= 0.6 is 0 Å². The highest BCUT2D eigenvalue weighted by Gasteiger charge is 2.30. The van der Waals surface area contributed by atoms with E-state index >= 15 is 0 Å². The van der Waals surface area contributed by atoms with Crippen LogP contribution in [0.1, 0.15) is 66.1 Å². The molecule has 0 heterocycles. The number of carboxylic acid groups (broad SMARTS) is 1. The molecule has 3 nitrogen and oxygen atoms in total. The largest absolute Gasteiger partial charge is 0.486 e. The van der Waals surface area contributed by atoms with Crippen molar-refractivity contribution in [3.63, 3.8) is 0 Å². The van der Waals surface area contributed by atoms with E-state index in [-0.39, 0.29) is 11.7 Å². The van der Waals surface area contributed by atoms with E-state index < -0.39 is 17.7 Å². The Morgan fingerprint density at radius 3 is 1.94 bits per heavy atom. The molecule has 0 radical (unpaired) electrons. The maximum absolute atomic E-state index is 12.9. The first-order valence-electron chi connectivity index (χ1n) is 11.6. The standard InChI is InChI=1S/C28H27F3O3/c29-28(30,31)24-14-10-21(11-15-24)20-6-8-22(9-7-20)26(18-19-4-2-1-3-5-19)34-25-16-12-23(13-17-25)27(32)33/h6-17,19,26H,1-5,18H2,(H,32,33)/t26-/m1/s1. The van der Waals surface area contributed by atoms with Gasteiger partial charge in [0.1, 0.15) is 11.9 Å². The fourth-order valence-electron chi connectivity index (χ4n) is 4.56. The maximum Gasteiger partial charge on any atom is 0.416 e. The topological polar surface area (TPSA) is 46.5 Å². The van der Waals surface area contributed by atoms with Crippen molar-refractivity contribution in [3.8, 4) is 16.9 Å². The second kappa shape index (κ2) is 10.3. The van der Waals surface area contributed by atoms with Gasteiger partial charge >= 0.3 is 12.1 Å². The quantitative estimate of drug-likeness (QED) is 0.380. The van der Waals surface area contributed by atoms with Gasteiger partial charge in [-0.25, -0.2) is 4.79 Å². The first-order chi connectivity index (χ1) is 16.3. The third-order valence-corrected chi connectivity index (χ3v) is 6.48. The molecule has 3 aromatic rings. The molecule has 1 fully saturated rings. The average molecular weight is 469 g/mol. The van der Waals surface area contributed by atoms with Gasteiger partial charge in [0.2, 0.25) is 0 Å². The molecule has 3 aromatic carbocycles. The highest BCUT2D eigenvalue weighted by atomic mass is 19.4. The van der Waals surface area contributed by atoms with Gasteiger partial charge in [0, 0.05) is 0 Å². The van der Waals surface area contributed by atoms with Crippen LogP contribution in [0.3, 0.4) is 0 Å². The Morgan fingerprint density at radius 1 is 0.853 bits per heavy atom. The van der Waals surface area contributed by atoms with Gasteiger partial charge in [-0.1, -0.05) is 68.5 Å². The lowest BCUT2D eigenvalue weighted by Gasteiger charge is -2.27. The number of hydrogen-bond donors (Lipinski definition) is 1. The minimum absolute atomic E-state index is 0.194. The van der Waals surface area contributed by atoms with Gasteiger partial charge in [-0.3, -0.25) is 0 Å². The van der Waals surface area contributed by atoms with Crippen LogP contribution in [-0.4, -0.2) is 11.1 Å². The van der Waals surface area contributed by atoms with E-state index in [0.717, 1.165) is 29.7 Å². The lowest BCUT2D eigenvalue weighted by atomic mass is 9.84. The smallest absolute Gasteiger partial charge is 0.416 e. The normalized spacial score (nSPS) is 15.6. The van der Waals surface area contributed by atoms with Crippen molar-refractivity contribution in [2.24, 2.45) is 5.92 Å². The van der Waals surface area contributed by atoms with Crippen LogP contribution in [0.5, 0.6) is 5.75 Å². The zero-order valence-electron chi connectivity index (χ0n) is 18.7. The van der Waals surface area contributed by atoms with Crippen LogP contribution in [0.4, 0.5) is 13.2 Å². The van der Waals surface area contributed by atoms with Gasteiger partial charge in [-0.05, 0) is 65.4 Å². The van der Waals surface area contributed by atoms with Gasteiger partial charge in [-0.2, -0.15) is 13.2 Å². The molecule has 0 bridgehead atoms. The summed E-state index contributed by atoms with van der Waals surface area (Å²) >= 11 is 0. The molecular weight excluding hydrogens is 441 g/mol. The van der Waals surface area contributed by atoms with Crippen LogP contribution < -0.4 is 4.74 Å². The number of carbonyl (C=O) groups is 1. The molecule has 0 amide bonds. The molecular formula is C28H27F3O3. The molecule has 178 valence electrons. The van der Waals surface area contributed by atoms with Gasteiger partial charge < -0.3 is 9.84 Å². The van der Waals surface area contributed by atoms with Gasteiger partial charge in [-0.15, -0.1) is 0 Å². The summed E-state index contributed by atoms with van der Waals surface area (Å²) in [6, 6.07) is 19.3. The third-order valence-electron chi connectivity index (χ3n) is 6.48. The molecule has 1 aliphatic rings. The number of alkyl halides is 3. The number of rotatable bonds is 7. The molecule has 0 unspecified atom stereocenters. The SMILES string of the molecule is O=C(O)c1ccc(O[C@H](CC2CCCCC2)c2ccc(-c3ccc(C(F)(F)F)cc3)cc2)cc1. The third kappa shape index (κ3) is 5.99. The van der Waals surface area contributed by atoms with Gasteiger partial charge in [0.15, 0.2) is 0 Å². The second-order valence-corrected chi connectivity index (χ2v) is 8.87. The second-order valence-electron chi connectivity index (χ2n) is 8.87. The molecule has 6 heteroatoms. The highest BCUT2D eigenvalue weighted by Crippen LogP contribution is 2.36. The fraction of sp³-hybridized carbons (Fsp3) is 0.321. The monoisotopic (exact) mass is 468 g/mol. The van der Waals surface area contributed by atoms with Crippen LogP contribution in [0.15, 0.2) is 72.8 Å². The average Bonchev–Trinajstić information content (AvgIpc) is 2.84. The van der Waals surface area contributed by atoms with Crippen LogP contribution in [0, 0.1) is 5.92 Å². The molecule has 0 aromatic heterocycles. The summed E-state index contributed by atoms with van der Waals surface area (Å²) in [6.45, 7) is 0. The zero-order valence-corrected chi connectivity index (χ0v) is 18.7. The van der Waals surface area contributed by atoms with Crippen LogP contribution in [0.2, 0.25) is 0 Å². The van der Waals surface area contributed by atoms with E-state index in [1.165, 1.54) is 56.4 Å². The first-order valence-corrected chi connectivity index (χ1v) is 11.6. The number of hydrogen-bond acceptors (Lipinski definition) is 2. The van der Waals surface area contributed by atoms with Crippen molar-refractivity contribution in [3.05, 3.63) is 89.5 Å². The zero-order chi connectivity index (χ0) is 24.1. The van der Waals surface area contributed by atoms with E-state index in [0.29, 0.717) is 17.2 Å². The molecule has 4 rings (SSSR count). The molecule has 34 heavy (non-hydrogen) atoms. The van der Waals surface area contributed by atoms with E-state index in [4.69, 9.17) is 9.84 Å². The van der Waals surface area contributed by atoms with Crippen molar-refractivity contribution < 1.29 is 27.8 Å². The Bertz CT molecular complexity index is 1080. The lowest BCUT2D eigenvalue weighted by Crippen LogP contribution is -2.16. The molecule has 1 atom stereocenters. The Kier molecular flexibility index (Phi) is 7.25. The summed E-state index contributed by atoms with van der Waals surface area (Å²) in [5.41, 5.74) is 2.08. The van der Waals surface area contributed by atoms with Crippen molar-refractivity contribution >= 4 is 5.97 Å². The first kappa shape index (κ1) is 23.9. The van der Waals surface area contributed by atoms with E-state index in [2.05, 4.69) is 0 Å². The Morgan fingerprint density at radius 2 is 1.41 bits per heavy atom. The Hall–Kier alpha value is -3.28. The summed E-state index contributed by atoms with van der Waals surface area (Å²) in [5.74, 6) is 0.188. The van der Waals surface area contributed by atoms with E-state index in [1.54, 1.807) is 12.1 Å². The summed E-state index contributed by atoms with van der Waals surface area (Å²) in [7, 11) is 0. The minimum atomic E-state index is -4.35. The molecule has 1 aliphatic carbocycles. The highest BCUT2D eigenvalue weighted by molar-refractivity contribution is 5.87. The maximum atomic E-state index is 12.9. The molecule has 0 aliphatic heterocycles. The number of ether oxygens (including phenoxy) is 1. The summed E-state index contributed by atoms with van der Waals surface area (Å²) in [5, 5.41) is 9.13. The number of halogens is 3. The summed E-state index contributed by atoms with van der Waals surface area (Å²) < 4.78 is 44.9. The fourth-order valence-corrected chi connectivity index (χ4v) is 4.56. The van der Waals surface area contributed by atoms with Crippen molar-refractivity contribution in [1.29, 1.82) is 0 Å². The molecule has 0 spiro atoms. The number of aromatic carboxylic acids is 1. The van der Waals surface area contributed by atoms with Crippen molar-refractivity contribution in [2.45, 2.75) is 50.8 Å². The van der Waals surface area contributed by atoms with Gasteiger partial charge in [0.25, 0.3) is 0 Å². The molecule has 1 N–H and O–H groups in total. The predicted octanol–water partition coefficient (Wildman–Crippen LogP) is 8.16. The predicted molar refractivity (Wildman–Crippen MR) is 125 cm³/mol. The summed E-state index contributed by atoms with van der Waals surface area (Å²) in [4.78, 5) is 11.1. The number of carboxylic acids is 1. The van der Waals surface area contributed by atoms with Gasteiger partial charge in [0.05, 0.1) is 11.1 Å². The van der Waals surface area contributed by atoms with Crippen LogP contribution in [0.25, 0.3) is 11.1 Å². The lowest BCUT2D eigenvalue weighted by molar-refractivity contribution is -0.137. The molecule has 1 saturated carbocycles.